The Bertz CT molecular complexity index is 987. The number of imidazole rings is 2. The Labute approximate surface area is 194 Å². The molecule has 0 saturated heterocycles. The monoisotopic (exact) mass is 452 g/mol. The highest BCUT2D eigenvalue weighted by atomic mass is 35.5. The van der Waals surface area contributed by atoms with Crippen LogP contribution in [0.15, 0.2) is 91.9 Å². The highest BCUT2D eigenvalue weighted by molar-refractivity contribution is 6.30. The number of aromatic amines is 1. The fourth-order valence-electron chi connectivity index (χ4n) is 2.29. The predicted molar refractivity (Wildman–Crippen MR) is 129 cm³/mol. The summed E-state index contributed by atoms with van der Waals surface area (Å²) in [6.45, 7) is 6.32. The third-order valence-corrected chi connectivity index (χ3v) is 4.08. The smallest absolute Gasteiger partial charge is 0.182 e. The van der Waals surface area contributed by atoms with Crippen LogP contribution in [0.2, 0.25) is 0 Å². The molecule has 0 bridgehead atoms. The normalized spacial score (nSPS) is 9.12. The van der Waals surface area contributed by atoms with Gasteiger partial charge in [0.15, 0.2) is 11.6 Å². The van der Waals surface area contributed by atoms with E-state index < -0.39 is 0 Å². The zero-order valence-electron chi connectivity index (χ0n) is 18.6. The van der Waals surface area contributed by atoms with Gasteiger partial charge in [-0.1, -0.05) is 74.5 Å². The molecule has 2 aromatic heterocycles. The van der Waals surface area contributed by atoms with Gasteiger partial charge in [0.25, 0.3) is 0 Å². The van der Waals surface area contributed by atoms with Gasteiger partial charge in [0.05, 0.1) is 25.1 Å². The molecular weight excluding hydrogens is 424 g/mol. The van der Waals surface area contributed by atoms with E-state index in [9.17, 15) is 9.59 Å². The number of halogens is 1. The van der Waals surface area contributed by atoms with Crippen molar-refractivity contribution >= 4 is 23.2 Å². The van der Waals surface area contributed by atoms with Crippen molar-refractivity contribution in [3.8, 4) is 0 Å². The number of aromatic nitrogens is 4. The Balaban J connectivity index is 0.000000248. The van der Waals surface area contributed by atoms with Gasteiger partial charge < -0.3 is 9.55 Å². The Morgan fingerprint density at radius 2 is 1.47 bits per heavy atom. The number of carbonyl (C=O) groups excluding carboxylic acids is 2. The maximum atomic E-state index is 11.7. The average molecular weight is 453 g/mol. The number of rotatable bonds is 5. The van der Waals surface area contributed by atoms with Gasteiger partial charge in [-0.3, -0.25) is 9.59 Å². The van der Waals surface area contributed by atoms with Crippen LogP contribution in [0.1, 0.15) is 40.3 Å². The van der Waals surface area contributed by atoms with Gasteiger partial charge in [0.1, 0.15) is 0 Å². The Morgan fingerprint density at radius 1 is 0.906 bits per heavy atom. The van der Waals surface area contributed by atoms with Crippen molar-refractivity contribution in [3.63, 3.8) is 0 Å². The number of carbonyl (C=O) groups is 2. The molecule has 168 valence electrons. The Kier molecular flexibility index (Phi) is 13.4. The van der Waals surface area contributed by atoms with Crippen LogP contribution in [-0.4, -0.2) is 37.0 Å². The third kappa shape index (κ3) is 10.5. The van der Waals surface area contributed by atoms with Crippen molar-refractivity contribution in [1.82, 2.24) is 19.5 Å². The number of hydrogen-bond acceptors (Lipinski definition) is 4. The van der Waals surface area contributed by atoms with Crippen LogP contribution in [0, 0.1) is 6.92 Å². The van der Waals surface area contributed by atoms with Crippen molar-refractivity contribution in [2.75, 3.05) is 5.88 Å². The van der Waals surface area contributed by atoms with Gasteiger partial charge in [-0.15, -0.1) is 11.6 Å². The molecule has 0 amide bonds. The van der Waals surface area contributed by atoms with E-state index in [1.807, 2.05) is 69.3 Å². The topological polar surface area (TPSA) is 80.6 Å². The lowest BCUT2D eigenvalue weighted by atomic mass is 10.1. The molecule has 0 aliphatic heterocycles. The number of nitrogens with zero attached hydrogens (tertiary/aromatic N) is 3. The van der Waals surface area contributed by atoms with E-state index in [1.165, 1.54) is 0 Å². The lowest BCUT2D eigenvalue weighted by Crippen LogP contribution is -2.08. The minimum Gasteiger partial charge on any atom is -0.349 e. The summed E-state index contributed by atoms with van der Waals surface area (Å²) in [6, 6.07) is 18.3. The van der Waals surface area contributed by atoms with Crippen LogP contribution in [-0.2, 0) is 6.54 Å². The first-order valence-corrected chi connectivity index (χ1v) is 10.8. The molecule has 4 rings (SSSR count). The number of H-pyrrole nitrogens is 1. The van der Waals surface area contributed by atoms with Crippen LogP contribution in [0.3, 0.4) is 0 Å². The number of Topliss-reactive ketones (excluding diaryl/α,β-unsaturated/α-hetero) is 2. The molecule has 0 radical (unpaired) electrons. The number of alkyl halides is 1. The number of ketones is 2. The number of aryl methyl sites for hydroxylation is 1. The van der Waals surface area contributed by atoms with E-state index in [2.05, 4.69) is 15.0 Å². The summed E-state index contributed by atoms with van der Waals surface area (Å²) in [7, 11) is 0. The first-order chi connectivity index (χ1) is 15.6. The molecule has 0 aliphatic rings. The first-order valence-electron chi connectivity index (χ1n) is 10.2. The van der Waals surface area contributed by atoms with E-state index in [4.69, 9.17) is 11.6 Å². The maximum Gasteiger partial charge on any atom is 0.182 e. The van der Waals surface area contributed by atoms with Crippen molar-refractivity contribution in [2.24, 2.45) is 0 Å². The standard InChI is InChI=1S/C11H10N2O.C8H7ClO.C4H6N2.C2H6/c14-11(8-13-7-6-12-9-13)10-4-2-1-3-5-10;9-6-8(10)7-4-2-1-3-5-7;1-4-2-5-3-6-4;1-2/h1-7,9H,8H2;1-5H,6H2;2-3H,1H3,(H,5,6);1-2H3. The summed E-state index contributed by atoms with van der Waals surface area (Å²) in [4.78, 5) is 33.1. The highest BCUT2D eigenvalue weighted by Gasteiger charge is 2.04. The predicted octanol–water partition coefficient (Wildman–Crippen LogP) is 5.62. The van der Waals surface area contributed by atoms with Gasteiger partial charge in [-0.25, -0.2) is 9.97 Å². The Morgan fingerprint density at radius 3 is 1.84 bits per heavy atom. The molecule has 2 aromatic carbocycles. The summed E-state index contributed by atoms with van der Waals surface area (Å²) in [5.41, 5.74) is 2.52. The lowest BCUT2D eigenvalue weighted by molar-refractivity contribution is 0.0970. The van der Waals surface area contributed by atoms with Crippen LogP contribution in [0.4, 0.5) is 0 Å². The first kappa shape index (κ1) is 26.5. The molecule has 0 spiro atoms. The van der Waals surface area contributed by atoms with Gasteiger partial charge in [0.2, 0.25) is 0 Å². The van der Waals surface area contributed by atoms with E-state index >= 15 is 0 Å². The van der Waals surface area contributed by atoms with Crippen LogP contribution >= 0.6 is 11.6 Å². The second-order valence-electron chi connectivity index (χ2n) is 6.18. The lowest BCUT2D eigenvalue weighted by Gasteiger charge is -2.00. The molecule has 1 N–H and O–H groups in total. The molecule has 4 aromatic rings. The van der Waals surface area contributed by atoms with Gasteiger partial charge in [-0.05, 0) is 6.92 Å². The van der Waals surface area contributed by atoms with Crippen LogP contribution in [0.5, 0.6) is 0 Å². The average Bonchev–Trinajstić information content (AvgIpc) is 3.56. The molecule has 6 nitrogen and oxygen atoms in total. The molecule has 0 fully saturated rings. The minimum atomic E-state index is -0.0257. The van der Waals surface area contributed by atoms with Crippen molar-refractivity contribution in [3.05, 3.63) is 109 Å². The molecule has 0 aliphatic carbocycles. The zero-order valence-corrected chi connectivity index (χ0v) is 19.4. The Hall–Kier alpha value is -3.51. The summed E-state index contributed by atoms with van der Waals surface area (Å²) >= 11 is 5.34. The summed E-state index contributed by atoms with van der Waals surface area (Å²) < 4.78 is 1.76. The van der Waals surface area contributed by atoms with Crippen LogP contribution < -0.4 is 0 Å². The SMILES string of the molecule is CC.Cc1cnc[nH]1.O=C(CCl)c1ccccc1.O=C(Cn1ccnc1)c1ccccc1. The minimum absolute atomic E-state index is 0.0257. The molecule has 2 heterocycles. The molecular formula is C25H29ClN4O2. The second-order valence-corrected chi connectivity index (χ2v) is 6.45. The molecule has 7 heteroatoms. The summed E-state index contributed by atoms with van der Waals surface area (Å²) in [6.07, 6.45) is 8.52. The van der Waals surface area contributed by atoms with Crippen molar-refractivity contribution in [2.45, 2.75) is 27.3 Å². The largest absolute Gasteiger partial charge is 0.349 e. The highest BCUT2D eigenvalue weighted by Crippen LogP contribution is 2.02. The van der Waals surface area contributed by atoms with Crippen molar-refractivity contribution < 1.29 is 9.59 Å². The van der Waals surface area contributed by atoms with E-state index in [1.54, 1.807) is 47.9 Å². The fourth-order valence-corrected chi connectivity index (χ4v) is 2.44. The summed E-state index contributed by atoms with van der Waals surface area (Å²) in [5, 5.41) is 0. The van der Waals surface area contributed by atoms with Gasteiger partial charge in [0, 0.05) is 35.4 Å². The zero-order chi connectivity index (χ0) is 23.6. The molecule has 0 saturated carbocycles. The number of hydrogen-bond donors (Lipinski definition) is 1. The molecule has 32 heavy (non-hydrogen) atoms. The molecule has 0 unspecified atom stereocenters. The molecule has 0 atom stereocenters. The third-order valence-electron chi connectivity index (χ3n) is 3.83. The van der Waals surface area contributed by atoms with E-state index in [-0.39, 0.29) is 17.4 Å². The maximum absolute atomic E-state index is 11.7. The van der Waals surface area contributed by atoms with Gasteiger partial charge in [-0.2, -0.15) is 0 Å². The van der Waals surface area contributed by atoms with Crippen molar-refractivity contribution in [1.29, 1.82) is 0 Å². The van der Waals surface area contributed by atoms with Crippen LogP contribution in [0.25, 0.3) is 0 Å². The quantitative estimate of drug-likeness (QED) is 0.315. The number of benzene rings is 2. The second kappa shape index (κ2) is 16.2. The van der Waals surface area contributed by atoms with E-state index in [0.29, 0.717) is 12.1 Å². The fraction of sp³-hybridized carbons (Fsp3) is 0.200. The van der Waals surface area contributed by atoms with E-state index in [0.717, 1.165) is 11.3 Å². The van der Waals surface area contributed by atoms with Gasteiger partial charge >= 0.3 is 0 Å². The summed E-state index contributed by atoms with van der Waals surface area (Å²) in [5.74, 6) is 0.134. The number of nitrogens with one attached hydrogen (secondary N) is 1.